The Labute approximate surface area is 234 Å². The first-order valence-corrected chi connectivity index (χ1v) is 13.0. The second-order valence-corrected chi connectivity index (χ2v) is 9.86. The number of anilines is 2. The van der Waals surface area contributed by atoms with Gasteiger partial charge in [0.25, 0.3) is 5.56 Å². The van der Waals surface area contributed by atoms with Gasteiger partial charge in [0.15, 0.2) is 16.3 Å². The molecular weight excluding hydrogens is 537 g/mol. The van der Waals surface area contributed by atoms with E-state index in [1.165, 1.54) is 30.9 Å². The van der Waals surface area contributed by atoms with Gasteiger partial charge in [-0.3, -0.25) is 18.5 Å². The zero-order valence-electron chi connectivity index (χ0n) is 22.3. The lowest BCUT2D eigenvalue weighted by Crippen LogP contribution is -2.50. The molecular formula is C27H28FN7O4S. The number of carbonyl (C=O) groups excluding carboxylic acids is 1. The van der Waals surface area contributed by atoms with Crippen molar-refractivity contribution in [2.75, 3.05) is 43.5 Å². The van der Waals surface area contributed by atoms with Crippen LogP contribution in [0.25, 0.3) is 11.2 Å². The third-order valence-corrected chi connectivity index (χ3v) is 7.35. The number of halogens is 1. The SMILES string of the molecule is COC(=O)c1ccc(NC(=S)N2CCN(c3nc4c(c(=O)n(C)c(=O)n4C)n3Cc3ccc(F)cc3)CC2)cc1. The van der Waals surface area contributed by atoms with E-state index in [1.54, 1.807) is 48.0 Å². The molecule has 0 saturated carbocycles. The van der Waals surface area contributed by atoms with E-state index in [2.05, 4.69) is 10.2 Å². The van der Waals surface area contributed by atoms with Gasteiger partial charge in [-0.25, -0.2) is 14.0 Å². The molecule has 0 bridgehead atoms. The minimum Gasteiger partial charge on any atom is -0.465 e. The van der Waals surface area contributed by atoms with Crippen molar-refractivity contribution in [1.82, 2.24) is 23.6 Å². The molecule has 11 nitrogen and oxygen atoms in total. The highest BCUT2D eigenvalue weighted by Crippen LogP contribution is 2.23. The smallest absolute Gasteiger partial charge is 0.337 e. The van der Waals surface area contributed by atoms with Crippen molar-refractivity contribution in [3.8, 4) is 0 Å². The molecule has 4 aromatic rings. The number of nitrogens with zero attached hydrogens (tertiary/aromatic N) is 6. The highest BCUT2D eigenvalue weighted by molar-refractivity contribution is 7.80. The minimum atomic E-state index is -0.462. The van der Waals surface area contributed by atoms with Gasteiger partial charge < -0.3 is 19.9 Å². The fourth-order valence-electron chi connectivity index (χ4n) is 4.72. The first kappa shape index (κ1) is 27.1. The number of methoxy groups -OCH3 is 1. The predicted molar refractivity (Wildman–Crippen MR) is 154 cm³/mol. The number of nitrogens with one attached hydrogen (secondary N) is 1. The number of esters is 1. The highest BCUT2D eigenvalue weighted by Gasteiger charge is 2.26. The summed E-state index contributed by atoms with van der Waals surface area (Å²) in [5, 5.41) is 3.74. The summed E-state index contributed by atoms with van der Waals surface area (Å²) >= 11 is 5.63. The average Bonchev–Trinajstić information content (AvgIpc) is 3.35. The molecule has 1 saturated heterocycles. The number of hydrogen-bond acceptors (Lipinski definition) is 7. The normalized spacial score (nSPS) is 13.5. The molecule has 0 spiro atoms. The van der Waals surface area contributed by atoms with Crippen LogP contribution in [0.15, 0.2) is 58.1 Å². The van der Waals surface area contributed by atoms with E-state index >= 15 is 0 Å². The highest BCUT2D eigenvalue weighted by atomic mass is 32.1. The first-order chi connectivity index (χ1) is 19.2. The van der Waals surface area contributed by atoms with E-state index in [1.807, 2.05) is 4.90 Å². The van der Waals surface area contributed by atoms with Crippen LogP contribution in [0.1, 0.15) is 15.9 Å². The number of imidazole rings is 1. The molecule has 0 radical (unpaired) electrons. The number of aryl methyl sites for hydroxylation is 1. The van der Waals surface area contributed by atoms with Gasteiger partial charge in [-0.1, -0.05) is 12.1 Å². The largest absolute Gasteiger partial charge is 0.465 e. The van der Waals surface area contributed by atoms with Gasteiger partial charge in [-0.2, -0.15) is 4.98 Å². The van der Waals surface area contributed by atoms with Crippen LogP contribution in [0.5, 0.6) is 0 Å². The maximum atomic E-state index is 13.5. The quantitative estimate of drug-likeness (QED) is 0.287. The van der Waals surface area contributed by atoms with Crippen molar-refractivity contribution in [1.29, 1.82) is 0 Å². The Hall–Kier alpha value is -4.52. The summed E-state index contributed by atoms with van der Waals surface area (Å²) in [6, 6.07) is 12.9. The lowest BCUT2D eigenvalue weighted by atomic mass is 10.2. The van der Waals surface area contributed by atoms with E-state index < -0.39 is 17.2 Å². The van der Waals surface area contributed by atoms with Gasteiger partial charge in [0.05, 0.1) is 19.2 Å². The number of piperazine rings is 1. The molecule has 0 amide bonds. The Bertz CT molecular complexity index is 1700. The molecule has 0 atom stereocenters. The summed E-state index contributed by atoms with van der Waals surface area (Å²) in [6.45, 7) is 2.57. The second kappa shape index (κ2) is 10.9. The van der Waals surface area contributed by atoms with Crippen LogP contribution in [0.4, 0.5) is 16.0 Å². The van der Waals surface area contributed by atoms with E-state index in [0.717, 1.165) is 15.8 Å². The lowest BCUT2D eigenvalue weighted by molar-refractivity contribution is 0.0600. The maximum Gasteiger partial charge on any atom is 0.337 e. The number of aromatic nitrogens is 4. The van der Waals surface area contributed by atoms with Gasteiger partial charge in [-0.05, 0) is 54.2 Å². The fraction of sp³-hybridized carbons (Fsp3) is 0.296. The first-order valence-electron chi connectivity index (χ1n) is 12.6. The monoisotopic (exact) mass is 565 g/mol. The third kappa shape index (κ3) is 5.07. The Morgan fingerprint density at radius 2 is 1.65 bits per heavy atom. The number of carbonyl (C=O) groups is 1. The molecule has 3 heterocycles. The zero-order chi connectivity index (χ0) is 28.6. The van der Waals surface area contributed by atoms with E-state index in [-0.39, 0.29) is 12.4 Å². The molecule has 2 aromatic heterocycles. The van der Waals surface area contributed by atoms with Crippen LogP contribution in [0.3, 0.4) is 0 Å². The standard InChI is InChI=1S/C27H28FN7O4S/c1-31-22-21(23(36)32(2)27(31)38)35(16-17-4-8-19(28)9-5-17)25(30-22)33-12-14-34(15-13-33)26(40)29-20-10-6-18(7-11-20)24(37)39-3/h4-11H,12-16H2,1-3H3,(H,29,40). The van der Waals surface area contributed by atoms with Crippen molar-refractivity contribution in [2.24, 2.45) is 14.1 Å². The molecule has 40 heavy (non-hydrogen) atoms. The van der Waals surface area contributed by atoms with Gasteiger partial charge in [0.1, 0.15) is 5.82 Å². The van der Waals surface area contributed by atoms with Crippen molar-refractivity contribution < 1.29 is 13.9 Å². The van der Waals surface area contributed by atoms with Crippen molar-refractivity contribution in [3.63, 3.8) is 0 Å². The number of benzene rings is 2. The number of hydrogen-bond donors (Lipinski definition) is 1. The average molecular weight is 566 g/mol. The van der Waals surface area contributed by atoms with Crippen LogP contribution in [0, 0.1) is 5.82 Å². The van der Waals surface area contributed by atoms with Crippen LogP contribution in [-0.4, -0.2) is 68.0 Å². The lowest BCUT2D eigenvalue weighted by Gasteiger charge is -2.36. The molecule has 1 fully saturated rings. The number of fused-ring (bicyclic) bond motifs is 1. The zero-order valence-corrected chi connectivity index (χ0v) is 23.1. The van der Waals surface area contributed by atoms with Gasteiger partial charge in [-0.15, -0.1) is 0 Å². The number of ether oxygens (including phenoxy) is 1. The van der Waals surface area contributed by atoms with Crippen LogP contribution < -0.4 is 21.5 Å². The summed E-state index contributed by atoms with van der Waals surface area (Å²) < 4.78 is 22.5. The van der Waals surface area contributed by atoms with Crippen LogP contribution in [-0.2, 0) is 25.4 Å². The van der Waals surface area contributed by atoms with Crippen LogP contribution >= 0.6 is 12.2 Å². The van der Waals surface area contributed by atoms with E-state index in [4.69, 9.17) is 21.9 Å². The summed E-state index contributed by atoms with van der Waals surface area (Å²) in [4.78, 5) is 46.3. The number of rotatable bonds is 5. The molecule has 208 valence electrons. The molecule has 0 unspecified atom stereocenters. The van der Waals surface area contributed by atoms with Gasteiger partial charge >= 0.3 is 11.7 Å². The maximum absolute atomic E-state index is 13.5. The molecule has 1 N–H and O–H groups in total. The topological polar surface area (TPSA) is 107 Å². The molecule has 1 aliphatic heterocycles. The Balaban J connectivity index is 1.38. The summed E-state index contributed by atoms with van der Waals surface area (Å²) in [7, 11) is 4.36. The van der Waals surface area contributed by atoms with Gasteiger partial charge in [0.2, 0.25) is 5.95 Å². The molecule has 5 rings (SSSR count). The van der Waals surface area contributed by atoms with Crippen molar-refractivity contribution >= 4 is 46.1 Å². The minimum absolute atomic E-state index is 0.279. The Morgan fingerprint density at radius 3 is 2.27 bits per heavy atom. The fourth-order valence-corrected chi connectivity index (χ4v) is 5.02. The van der Waals surface area contributed by atoms with Crippen molar-refractivity contribution in [2.45, 2.75) is 6.54 Å². The van der Waals surface area contributed by atoms with E-state index in [9.17, 15) is 18.8 Å². The summed E-state index contributed by atoms with van der Waals surface area (Å²) in [5.74, 6) is -0.207. The molecule has 1 aliphatic rings. The molecule has 13 heteroatoms. The summed E-state index contributed by atoms with van der Waals surface area (Å²) in [5.41, 5.74) is 1.68. The Kier molecular flexibility index (Phi) is 7.39. The van der Waals surface area contributed by atoms with E-state index in [0.29, 0.717) is 54.0 Å². The predicted octanol–water partition coefficient (Wildman–Crippen LogP) is 1.93. The van der Waals surface area contributed by atoms with Crippen molar-refractivity contribution in [3.05, 3.63) is 86.3 Å². The Morgan fingerprint density at radius 1 is 1.00 bits per heavy atom. The molecule has 0 aliphatic carbocycles. The number of thiocarbonyl (C=S) groups is 1. The summed E-state index contributed by atoms with van der Waals surface area (Å²) in [6.07, 6.45) is 0. The molecule has 2 aromatic carbocycles. The van der Waals surface area contributed by atoms with Crippen LogP contribution in [0.2, 0.25) is 0 Å². The third-order valence-electron chi connectivity index (χ3n) is 6.99. The van der Waals surface area contributed by atoms with Gasteiger partial charge in [0, 0.05) is 46.0 Å². The second-order valence-electron chi connectivity index (χ2n) is 9.48.